The number of nitrogens with one attached hydrogen (secondary N) is 2. The summed E-state index contributed by atoms with van der Waals surface area (Å²) in [6, 6.07) is 2.35. The number of halogens is 1. The van der Waals surface area contributed by atoms with E-state index in [0.717, 1.165) is 12.1 Å². The van der Waals surface area contributed by atoms with Crippen LogP contribution in [0.25, 0.3) is 0 Å². The van der Waals surface area contributed by atoms with E-state index in [2.05, 4.69) is 10.0 Å². The lowest BCUT2D eigenvalue weighted by atomic mass is 10.1. The van der Waals surface area contributed by atoms with Crippen LogP contribution in [0.4, 0.5) is 10.1 Å². The molecule has 1 aliphatic heterocycles. The highest BCUT2D eigenvalue weighted by Crippen LogP contribution is 2.21. The van der Waals surface area contributed by atoms with Crippen molar-refractivity contribution in [1.29, 1.82) is 0 Å². The number of nitro groups is 1. The largest absolute Gasteiger partial charge is 0.317 e. The molecule has 0 aromatic heterocycles. The van der Waals surface area contributed by atoms with Gasteiger partial charge in [0.15, 0.2) is 0 Å². The van der Waals surface area contributed by atoms with Crippen LogP contribution < -0.4 is 10.0 Å². The Morgan fingerprint density at radius 3 is 2.55 bits per heavy atom. The van der Waals surface area contributed by atoms with Gasteiger partial charge >= 0.3 is 5.69 Å². The van der Waals surface area contributed by atoms with Gasteiger partial charge in [0.25, 0.3) is 0 Å². The molecule has 0 unspecified atom stereocenters. The molecule has 20 heavy (non-hydrogen) atoms. The molecule has 0 spiro atoms. The quantitative estimate of drug-likeness (QED) is 0.632. The molecule has 0 bridgehead atoms. The van der Waals surface area contributed by atoms with Crippen LogP contribution in [-0.4, -0.2) is 32.5 Å². The summed E-state index contributed by atoms with van der Waals surface area (Å²) < 4.78 is 40.1. The molecule has 1 heterocycles. The summed E-state index contributed by atoms with van der Waals surface area (Å²) in [5.41, 5.74) is -0.745. The van der Waals surface area contributed by atoms with Crippen molar-refractivity contribution in [1.82, 2.24) is 10.0 Å². The molecule has 0 aliphatic carbocycles. The van der Waals surface area contributed by atoms with E-state index in [1.54, 1.807) is 0 Å². The molecule has 0 radical (unpaired) electrons. The average Bonchev–Trinajstić information content (AvgIpc) is 2.38. The molecule has 1 aliphatic rings. The molecular weight excluding hydrogens is 289 g/mol. The van der Waals surface area contributed by atoms with Gasteiger partial charge in [-0.25, -0.2) is 13.1 Å². The SMILES string of the molecule is O=[N+]([O-])c1ccc(S(=O)(=O)NC2CCNCC2)cc1F. The van der Waals surface area contributed by atoms with E-state index in [1.807, 2.05) is 0 Å². The van der Waals surface area contributed by atoms with Crippen molar-refractivity contribution in [3.8, 4) is 0 Å². The number of rotatable bonds is 4. The first-order valence-corrected chi connectivity index (χ1v) is 7.55. The molecule has 2 rings (SSSR count). The van der Waals surface area contributed by atoms with E-state index in [1.165, 1.54) is 0 Å². The number of hydrogen-bond acceptors (Lipinski definition) is 5. The van der Waals surface area contributed by atoms with E-state index < -0.39 is 26.5 Å². The smallest absolute Gasteiger partial charge is 0.304 e. The first kappa shape index (κ1) is 14.8. The van der Waals surface area contributed by atoms with E-state index >= 15 is 0 Å². The molecule has 2 N–H and O–H groups in total. The maximum Gasteiger partial charge on any atom is 0.304 e. The lowest BCUT2D eigenvalue weighted by molar-refractivity contribution is -0.387. The van der Waals surface area contributed by atoms with Gasteiger partial charge in [-0.15, -0.1) is 0 Å². The van der Waals surface area contributed by atoms with E-state index in [9.17, 15) is 22.9 Å². The molecule has 0 amide bonds. The molecule has 1 aromatic rings. The Hall–Kier alpha value is -1.58. The lowest BCUT2D eigenvalue weighted by Crippen LogP contribution is -2.42. The summed E-state index contributed by atoms with van der Waals surface area (Å²) in [7, 11) is -3.87. The second-order valence-electron chi connectivity index (χ2n) is 4.52. The third kappa shape index (κ3) is 3.30. The molecule has 1 fully saturated rings. The zero-order valence-electron chi connectivity index (χ0n) is 10.5. The topological polar surface area (TPSA) is 101 Å². The molecule has 1 saturated heterocycles. The Labute approximate surface area is 115 Å². The van der Waals surface area contributed by atoms with E-state index in [-0.39, 0.29) is 10.9 Å². The maximum absolute atomic E-state index is 13.5. The van der Waals surface area contributed by atoms with Gasteiger partial charge in [-0.3, -0.25) is 10.1 Å². The highest BCUT2D eigenvalue weighted by atomic mass is 32.2. The highest BCUT2D eigenvalue weighted by Gasteiger charge is 2.24. The van der Waals surface area contributed by atoms with Crippen molar-refractivity contribution >= 4 is 15.7 Å². The van der Waals surface area contributed by atoms with Crippen LogP contribution in [-0.2, 0) is 10.0 Å². The Morgan fingerprint density at radius 2 is 2.00 bits per heavy atom. The Bertz CT molecular complexity index is 614. The minimum atomic E-state index is -3.87. The summed E-state index contributed by atoms with van der Waals surface area (Å²) in [4.78, 5) is 9.29. The lowest BCUT2D eigenvalue weighted by Gasteiger charge is -2.23. The van der Waals surface area contributed by atoms with Gasteiger partial charge in [0.1, 0.15) is 0 Å². The Morgan fingerprint density at radius 1 is 1.35 bits per heavy atom. The van der Waals surface area contributed by atoms with E-state index in [4.69, 9.17) is 0 Å². The van der Waals surface area contributed by atoms with Crippen molar-refractivity contribution in [3.05, 3.63) is 34.1 Å². The summed E-state index contributed by atoms with van der Waals surface area (Å²) in [6.07, 6.45) is 1.30. The zero-order valence-corrected chi connectivity index (χ0v) is 11.3. The third-order valence-electron chi connectivity index (χ3n) is 3.09. The zero-order chi connectivity index (χ0) is 14.8. The highest BCUT2D eigenvalue weighted by molar-refractivity contribution is 7.89. The van der Waals surface area contributed by atoms with Crippen molar-refractivity contribution in [2.75, 3.05) is 13.1 Å². The van der Waals surface area contributed by atoms with Gasteiger partial charge in [0.05, 0.1) is 9.82 Å². The van der Waals surface area contributed by atoms with Crippen molar-refractivity contribution in [2.24, 2.45) is 0 Å². The summed E-state index contributed by atoms with van der Waals surface area (Å²) >= 11 is 0. The predicted octanol–water partition coefficient (Wildman–Crippen LogP) is 0.764. The first-order chi connectivity index (χ1) is 9.40. The standard InChI is InChI=1S/C11H14FN3O4S/c12-10-7-9(1-2-11(10)15(16)17)20(18,19)14-8-3-5-13-6-4-8/h1-2,7-8,13-14H,3-6H2. The number of sulfonamides is 1. The maximum atomic E-state index is 13.5. The van der Waals surface area contributed by atoms with Crippen LogP contribution in [0.5, 0.6) is 0 Å². The van der Waals surface area contributed by atoms with Crippen molar-refractivity contribution < 1.29 is 17.7 Å². The van der Waals surface area contributed by atoms with Gasteiger partial charge in [0, 0.05) is 18.2 Å². The van der Waals surface area contributed by atoms with Crippen LogP contribution in [0.1, 0.15) is 12.8 Å². The first-order valence-electron chi connectivity index (χ1n) is 6.07. The molecule has 9 heteroatoms. The van der Waals surface area contributed by atoms with Crippen LogP contribution >= 0.6 is 0 Å². The van der Waals surface area contributed by atoms with Crippen LogP contribution in [0.15, 0.2) is 23.1 Å². The third-order valence-corrected chi connectivity index (χ3v) is 4.61. The van der Waals surface area contributed by atoms with Gasteiger partial charge in [-0.1, -0.05) is 0 Å². The molecule has 0 atom stereocenters. The van der Waals surface area contributed by atoms with Crippen LogP contribution in [0, 0.1) is 15.9 Å². The molecule has 0 saturated carbocycles. The van der Waals surface area contributed by atoms with Crippen molar-refractivity contribution in [3.63, 3.8) is 0 Å². The van der Waals surface area contributed by atoms with Crippen molar-refractivity contribution in [2.45, 2.75) is 23.8 Å². The fraction of sp³-hybridized carbons (Fsp3) is 0.455. The van der Waals surface area contributed by atoms with Gasteiger partial charge in [0.2, 0.25) is 15.8 Å². The van der Waals surface area contributed by atoms with Crippen LogP contribution in [0.2, 0.25) is 0 Å². The number of piperidine rings is 1. The van der Waals surface area contributed by atoms with E-state index in [0.29, 0.717) is 32.0 Å². The number of hydrogen-bond donors (Lipinski definition) is 2. The second-order valence-corrected chi connectivity index (χ2v) is 6.23. The monoisotopic (exact) mass is 303 g/mol. The van der Waals surface area contributed by atoms with Gasteiger partial charge in [-0.05, 0) is 32.0 Å². The Balaban J connectivity index is 2.20. The number of nitro benzene ring substituents is 1. The fourth-order valence-corrected chi connectivity index (χ4v) is 3.35. The molecule has 110 valence electrons. The predicted molar refractivity (Wildman–Crippen MR) is 69.3 cm³/mol. The molecular formula is C11H14FN3O4S. The fourth-order valence-electron chi connectivity index (χ4n) is 2.03. The van der Waals surface area contributed by atoms with Crippen LogP contribution in [0.3, 0.4) is 0 Å². The summed E-state index contributed by atoms with van der Waals surface area (Å²) in [6.45, 7) is 1.42. The minimum absolute atomic E-state index is 0.209. The number of benzene rings is 1. The molecule has 7 nitrogen and oxygen atoms in total. The minimum Gasteiger partial charge on any atom is -0.317 e. The summed E-state index contributed by atoms with van der Waals surface area (Å²) in [5.74, 6) is -1.16. The van der Waals surface area contributed by atoms with Gasteiger partial charge < -0.3 is 5.32 Å². The van der Waals surface area contributed by atoms with Gasteiger partial charge in [-0.2, -0.15) is 4.39 Å². The average molecular weight is 303 g/mol. The second kappa shape index (κ2) is 5.81. The Kier molecular flexibility index (Phi) is 4.31. The number of nitrogens with zero attached hydrogens (tertiary/aromatic N) is 1. The normalized spacial score (nSPS) is 17.1. The summed E-state index contributed by atoms with van der Waals surface area (Å²) in [5, 5.41) is 13.6. The molecule has 1 aromatic carbocycles.